The summed E-state index contributed by atoms with van der Waals surface area (Å²) >= 11 is 0. The highest BCUT2D eigenvalue weighted by atomic mass is 16.5. The molecule has 0 rings (SSSR count). The van der Waals surface area contributed by atoms with E-state index >= 15 is 0 Å². The van der Waals surface area contributed by atoms with Crippen molar-refractivity contribution in [2.75, 3.05) is 13.2 Å². The predicted molar refractivity (Wildman–Crippen MR) is 209 cm³/mol. The Kier molecular flexibility index (Phi) is 35.6. The van der Waals surface area contributed by atoms with Gasteiger partial charge in [0.2, 0.25) is 11.8 Å². The van der Waals surface area contributed by atoms with Gasteiger partial charge in [-0.15, -0.1) is 0 Å². The first-order valence-corrected chi connectivity index (χ1v) is 21.1. The van der Waals surface area contributed by atoms with Gasteiger partial charge in [0.25, 0.3) is 0 Å². The zero-order chi connectivity index (χ0) is 37.6. The maximum atomic E-state index is 12.7. The summed E-state index contributed by atoms with van der Waals surface area (Å²) in [6.07, 6.45) is 38.2. The van der Waals surface area contributed by atoms with Crippen molar-refractivity contribution in [3.63, 3.8) is 0 Å². The molecule has 2 atom stereocenters. The van der Waals surface area contributed by atoms with Crippen LogP contribution in [0.25, 0.3) is 0 Å². The maximum absolute atomic E-state index is 12.7. The van der Waals surface area contributed by atoms with Gasteiger partial charge in [-0.25, -0.2) is 4.79 Å². The van der Waals surface area contributed by atoms with E-state index in [0.717, 1.165) is 51.4 Å². The van der Waals surface area contributed by atoms with Crippen LogP contribution in [0.15, 0.2) is 12.2 Å². The van der Waals surface area contributed by atoms with E-state index in [1.54, 1.807) is 0 Å². The molecule has 51 heavy (non-hydrogen) atoms. The molecule has 0 spiro atoms. The second-order valence-electron chi connectivity index (χ2n) is 14.4. The standard InChI is InChI=1S/C42H78N2O7/c1-3-5-7-9-11-13-14-15-16-17-18-20-22-24-30-34-41(48)51-37(31-27-23-21-19-12-10-8-6-4-2)32-28-25-26-29-33-39(46)43-35-40(47)44-38(36-45)42(49)50/h27,31,37-38,45H,3-26,28-30,32-36H2,1-2H3,(H,43,46)(H,44,47)(H,49,50)/b31-27-. The Morgan fingerprint density at radius 2 is 1.04 bits per heavy atom. The van der Waals surface area contributed by atoms with E-state index in [2.05, 4.69) is 36.6 Å². The van der Waals surface area contributed by atoms with Crippen LogP contribution in [0.5, 0.6) is 0 Å². The van der Waals surface area contributed by atoms with E-state index in [1.165, 1.54) is 122 Å². The van der Waals surface area contributed by atoms with Crippen molar-refractivity contribution in [1.82, 2.24) is 10.6 Å². The van der Waals surface area contributed by atoms with Gasteiger partial charge < -0.3 is 25.6 Å². The number of unbranched alkanes of at least 4 members (excludes halogenated alkanes) is 24. The predicted octanol–water partition coefficient (Wildman–Crippen LogP) is 9.88. The minimum Gasteiger partial charge on any atom is -0.480 e. The van der Waals surface area contributed by atoms with Crippen molar-refractivity contribution in [3.8, 4) is 0 Å². The number of carboxylic acid groups (broad SMARTS) is 1. The third-order valence-electron chi connectivity index (χ3n) is 9.50. The van der Waals surface area contributed by atoms with Crippen molar-refractivity contribution in [2.45, 2.75) is 219 Å². The van der Waals surface area contributed by atoms with Gasteiger partial charge in [0.05, 0.1) is 13.2 Å². The minimum absolute atomic E-state index is 0.107. The molecule has 2 unspecified atom stereocenters. The van der Waals surface area contributed by atoms with Crippen LogP contribution < -0.4 is 10.6 Å². The lowest BCUT2D eigenvalue weighted by molar-refractivity contribution is -0.147. The molecule has 0 bridgehead atoms. The van der Waals surface area contributed by atoms with E-state index in [9.17, 15) is 19.2 Å². The number of carbonyl (C=O) groups excluding carboxylic acids is 3. The van der Waals surface area contributed by atoms with E-state index in [4.69, 9.17) is 14.9 Å². The van der Waals surface area contributed by atoms with Gasteiger partial charge in [0, 0.05) is 12.8 Å². The summed E-state index contributed by atoms with van der Waals surface area (Å²) in [5, 5.41) is 22.5. The number of carboxylic acids is 1. The highest BCUT2D eigenvalue weighted by Gasteiger charge is 2.18. The summed E-state index contributed by atoms with van der Waals surface area (Å²) < 4.78 is 5.91. The number of rotatable bonds is 38. The lowest BCUT2D eigenvalue weighted by atomic mass is 10.0. The maximum Gasteiger partial charge on any atom is 0.328 e. The van der Waals surface area contributed by atoms with Gasteiger partial charge in [-0.3, -0.25) is 14.4 Å². The molecular weight excluding hydrogens is 644 g/mol. The molecule has 0 saturated heterocycles. The largest absolute Gasteiger partial charge is 0.480 e. The van der Waals surface area contributed by atoms with Crippen molar-refractivity contribution in [3.05, 3.63) is 12.2 Å². The number of ether oxygens (including phenoxy) is 1. The molecule has 9 heteroatoms. The highest BCUT2D eigenvalue weighted by molar-refractivity contribution is 5.87. The summed E-state index contributed by atoms with van der Waals surface area (Å²) in [5.41, 5.74) is 0. The molecule has 0 fully saturated rings. The molecule has 2 amide bonds. The van der Waals surface area contributed by atoms with Crippen LogP contribution in [0.4, 0.5) is 0 Å². The second kappa shape index (κ2) is 37.3. The first kappa shape index (κ1) is 48.6. The second-order valence-corrected chi connectivity index (χ2v) is 14.4. The number of aliphatic hydroxyl groups is 1. The minimum atomic E-state index is -1.39. The van der Waals surface area contributed by atoms with Crippen LogP contribution in [-0.4, -0.2) is 59.3 Å². The van der Waals surface area contributed by atoms with Gasteiger partial charge in [0.15, 0.2) is 0 Å². The van der Waals surface area contributed by atoms with E-state index < -0.39 is 24.5 Å². The lowest BCUT2D eigenvalue weighted by Crippen LogP contribution is -2.47. The molecule has 0 aliphatic heterocycles. The van der Waals surface area contributed by atoms with Gasteiger partial charge in [-0.2, -0.15) is 0 Å². The average molecular weight is 723 g/mol. The summed E-state index contributed by atoms with van der Waals surface area (Å²) in [6, 6.07) is -1.39. The summed E-state index contributed by atoms with van der Waals surface area (Å²) in [4.78, 5) is 47.5. The number of amides is 2. The lowest BCUT2D eigenvalue weighted by Gasteiger charge is -2.15. The molecule has 0 aromatic carbocycles. The van der Waals surface area contributed by atoms with Crippen LogP contribution in [0.2, 0.25) is 0 Å². The van der Waals surface area contributed by atoms with E-state index in [-0.39, 0.29) is 30.9 Å². The number of hydrogen-bond donors (Lipinski definition) is 4. The number of aliphatic hydroxyl groups excluding tert-OH is 1. The Hall–Kier alpha value is -2.42. The molecule has 0 aliphatic carbocycles. The Labute approximate surface area is 311 Å². The van der Waals surface area contributed by atoms with E-state index in [0.29, 0.717) is 12.8 Å². The first-order valence-electron chi connectivity index (χ1n) is 21.1. The summed E-state index contributed by atoms with van der Waals surface area (Å²) in [6.45, 7) is 3.46. The van der Waals surface area contributed by atoms with Crippen LogP contribution >= 0.6 is 0 Å². The van der Waals surface area contributed by atoms with Crippen LogP contribution in [-0.2, 0) is 23.9 Å². The van der Waals surface area contributed by atoms with Gasteiger partial charge in [0.1, 0.15) is 12.1 Å². The smallest absolute Gasteiger partial charge is 0.328 e. The SMILES string of the molecule is CCCCCCCCC/C=C\C(CCCCCCC(=O)NCC(=O)NC(CO)C(=O)O)OC(=O)CCCCCCCCCCCCCCCCC. The van der Waals surface area contributed by atoms with Gasteiger partial charge in [-0.05, 0) is 44.6 Å². The molecule has 0 aliphatic rings. The molecule has 0 aromatic rings. The molecule has 0 heterocycles. The molecule has 9 nitrogen and oxygen atoms in total. The summed E-state index contributed by atoms with van der Waals surface area (Å²) in [5.74, 6) is -2.38. The van der Waals surface area contributed by atoms with Crippen LogP contribution in [0.3, 0.4) is 0 Å². The Bertz CT molecular complexity index is 879. The molecule has 0 radical (unpaired) electrons. The normalized spacial score (nSPS) is 12.5. The summed E-state index contributed by atoms with van der Waals surface area (Å²) in [7, 11) is 0. The van der Waals surface area contributed by atoms with Gasteiger partial charge in [-0.1, -0.05) is 161 Å². The number of aliphatic carboxylic acids is 1. The fourth-order valence-electron chi connectivity index (χ4n) is 6.21. The fraction of sp³-hybridized carbons (Fsp3) is 0.857. The number of esters is 1. The third-order valence-corrected chi connectivity index (χ3v) is 9.50. The zero-order valence-corrected chi connectivity index (χ0v) is 32.9. The molecule has 298 valence electrons. The number of allylic oxidation sites excluding steroid dienone is 1. The third kappa shape index (κ3) is 34.4. The quantitative estimate of drug-likeness (QED) is 0.0282. The van der Waals surface area contributed by atoms with E-state index in [1.807, 2.05) is 0 Å². The van der Waals surface area contributed by atoms with Crippen molar-refractivity contribution < 1.29 is 34.1 Å². The first-order chi connectivity index (χ1) is 24.8. The fourth-order valence-corrected chi connectivity index (χ4v) is 6.21. The molecule has 0 aromatic heterocycles. The number of hydrogen-bond acceptors (Lipinski definition) is 6. The van der Waals surface area contributed by atoms with Gasteiger partial charge >= 0.3 is 11.9 Å². The van der Waals surface area contributed by atoms with Crippen LogP contribution in [0.1, 0.15) is 206 Å². The average Bonchev–Trinajstić information content (AvgIpc) is 3.11. The number of carbonyl (C=O) groups is 4. The van der Waals surface area contributed by atoms with Crippen molar-refractivity contribution in [2.24, 2.45) is 0 Å². The highest BCUT2D eigenvalue weighted by Crippen LogP contribution is 2.16. The Morgan fingerprint density at radius 1 is 0.588 bits per heavy atom. The van der Waals surface area contributed by atoms with Crippen molar-refractivity contribution in [1.29, 1.82) is 0 Å². The Morgan fingerprint density at radius 3 is 1.53 bits per heavy atom. The Balaban J connectivity index is 4.27. The molecular formula is C42H78N2O7. The zero-order valence-electron chi connectivity index (χ0n) is 32.9. The van der Waals surface area contributed by atoms with Crippen molar-refractivity contribution >= 4 is 23.8 Å². The number of nitrogens with one attached hydrogen (secondary N) is 2. The van der Waals surface area contributed by atoms with Crippen LogP contribution in [0, 0.1) is 0 Å². The topological polar surface area (TPSA) is 142 Å². The molecule has 4 N–H and O–H groups in total. The monoisotopic (exact) mass is 723 g/mol. The molecule has 0 saturated carbocycles.